The van der Waals surface area contributed by atoms with Crippen molar-refractivity contribution in [1.29, 1.82) is 0 Å². The summed E-state index contributed by atoms with van der Waals surface area (Å²) in [6.45, 7) is 6.37. The summed E-state index contributed by atoms with van der Waals surface area (Å²) in [5, 5.41) is 4.12. The van der Waals surface area contributed by atoms with E-state index in [1.807, 2.05) is 12.4 Å². The summed E-state index contributed by atoms with van der Waals surface area (Å²) < 4.78 is 1.70. The molecule has 2 heterocycles. The molecule has 0 saturated heterocycles. The molecule has 0 aliphatic carbocycles. The molecule has 0 fully saturated rings. The third kappa shape index (κ3) is 1.66. The van der Waals surface area contributed by atoms with Gasteiger partial charge in [0.15, 0.2) is 0 Å². The van der Waals surface area contributed by atoms with E-state index in [1.54, 1.807) is 4.52 Å². The first-order valence-electron chi connectivity index (χ1n) is 5.89. The van der Waals surface area contributed by atoms with Gasteiger partial charge in [0.1, 0.15) is 6.33 Å². The summed E-state index contributed by atoms with van der Waals surface area (Å²) in [5.74, 6) is 0.626. The van der Waals surface area contributed by atoms with Gasteiger partial charge in [0.05, 0.1) is 0 Å². The molecule has 0 bridgehead atoms. The van der Waals surface area contributed by atoms with E-state index >= 15 is 0 Å². The molecular weight excluding hydrogens is 224 g/mol. The Kier molecular flexibility index (Phi) is 2.37. The largest absolute Gasteiger partial charge is 0.252 e. The fourth-order valence-corrected chi connectivity index (χ4v) is 2.48. The number of aromatic nitrogens is 4. The molecule has 0 spiro atoms. The van der Waals surface area contributed by atoms with Crippen LogP contribution in [0, 0.1) is 20.8 Å². The molecule has 0 saturated carbocycles. The van der Waals surface area contributed by atoms with Crippen LogP contribution in [0.3, 0.4) is 0 Å². The standard InChI is InChI=1S/C14H14N4/c1-9-4-10(2)13(11(3)5-9)12-6-15-14-16-8-17-18(14)7-12/h4-8H,1-3H3. The van der Waals surface area contributed by atoms with Crippen LogP contribution in [-0.2, 0) is 0 Å². The average Bonchev–Trinajstić information content (AvgIpc) is 2.74. The molecule has 0 aliphatic heterocycles. The van der Waals surface area contributed by atoms with Crippen LogP contribution >= 0.6 is 0 Å². The van der Waals surface area contributed by atoms with Crippen LogP contribution < -0.4 is 0 Å². The number of nitrogens with zero attached hydrogens (tertiary/aromatic N) is 4. The fourth-order valence-electron chi connectivity index (χ4n) is 2.48. The van der Waals surface area contributed by atoms with Crippen molar-refractivity contribution in [1.82, 2.24) is 19.6 Å². The minimum absolute atomic E-state index is 0.626. The number of rotatable bonds is 1. The maximum absolute atomic E-state index is 4.31. The molecule has 0 unspecified atom stereocenters. The van der Waals surface area contributed by atoms with Gasteiger partial charge < -0.3 is 0 Å². The Hall–Kier alpha value is -2.23. The minimum atomic E-state index is 0.626. The summed E-state index contributed by atoms with van der Waals surface area (Å²) in [4.78, 5) is 8.36. The second kappa shape index (κ2) is 3.91. The van der Waals surface area contributed by atoms with Crippen molar-refractivity contribution >= 4 is 5.78 Å². The van der Waals surface area contributed by atoms with Gasteiger partial charge in [0, 0.05) is 18.0 Å². The first-order valence-corrected chi connectivity index (χ1v) is 5.89. The number of hydrogen-bond donors (Lipinski definition) is 0. The monoisotopic (exact) mass is 238 g/mol. The number of fused-ring (bicyclic) bond motifs is 1. The first-order chi connectivity index (χ1) is 8.65. The summed E-state index contributed by atoms with van der Waals surface area (Å²) in [5.41, 5.74) is 6.10. The second-order valence-corrected chi connectivity index (χ2v) is 4.62. The van der Waals surface area contributed by atoms with Gasteiger partial charge in [0.2, 0.25) is 0 Å². The third-order valence-corrected chi connectivity index (χ3v) is 3.10. The van der Waals surface area contributed by atoms with E-state index in [4.69, 9.17) is 0 Å². The van der Waals surface area contributed by atoms with Crippen LogP contribution in [0.4, 0.5) is 0 Å². The Labute approximate surface area is 105 Å². The van der Waals surface area contributed by atoms with Crippen LogP contribution in [-0.4, -0.2) is 19.6 Å². The zero-order valence-electron chi connectivity index (χ0n) is 10.7. The van der Waals surface area contributed by atoms with E-state index in [2.05, 4.69) is 48.0 Å². The molecule has 3 rings (SSSR count). The molecule has 1 aromatic carbocycles. The van der Waals surface area contributed by atoms with E-state index in [1.165, 1.54) is 28.6 Å². The minimum Gasteiger partial charge on any atom is -0.219 e. The maximum Gasteiger partial charge on any atom is 0.252 e. The van der Waals surface area contributed by atoms with Crippen molar-refractivity contribution in [2.24, 2.45) is 0 Å². The summed E-state index contributed by atoms with van der Waals surface area (Å²) in [6.07, 6.45) is 5.34. The molecule has 0 atom stereocenters. The molecule has 0 amide bonds. The lowest BCUT2D eigenvalue weighted by atomic mass is 9.96. The van der Waals surface area contributed by atoms with Crippen molar-refractivity contribution in [3.05, 3.63) is 47.5 Å². The molecular formula is C14H14N4. The van der Waals surface area contributed by atoms with Crippen LogP contribution in [0.15, 0.2) is 30.9 Å². The molecule has 0 N–H and O–H groups in total. The topological polar surface area (TPSA) is 43.1 Å². The zero-order valence-corrected chi connectivity index (χ0v) is 10.7. The number of aryl methyl sites for hydroxylation is 3. The van der Waals surface area contributed by atoms with Crippen LogP contribution in [0.2, 0.25) is 0 Å². The Morgan fingerprint density at radius 2 is 1.72 bits per heavy atom. The lowest BCUT2D eigenvalue weighted by molar-refractivity contribution is 0.940. The quantitative estimate of drug-likeness (QED) is 0.654. The lowest BCUT2D eigenvalue weighted by Gasteiger charge is -2.11. The van der Waals surface area contributed by atoms with E-state index in [0.717, 1.165) is 5.56 Å². The second-order valence-electron chi connectivity index (χ2n) is 4.62. The summed E-state index contributed by atoms with van der Waals surface area (Å²) in [6, 6.07) is 4.38. The molecule has 0 aliphatic rings. The third-order valence-electron chi connectivity index (χ3n) is 3.10. The van der Waals surface area contributed by atoms with Gasteiger partial charge in [-0.3, -0.25) is 0 Å². The predicted octanol–water partition coefficient (Wildman–Crippen LogP) is 2.72. The highest BCUT2D eigenvalue weighted by atomic mass is 15.3. The zero-order chi connectivity index (χ0) is 12.7. The van der Waals surface area contributed by atoms with Crippen molar-refractivity contribution < 1.29 is 0 Å². The molecule has 90 valence electrons. The van der Waals surface area contributed by atoms with E-state index in [9.17, 15) is 0 Å². The van der Waals surface area contributed by atoms with Gasteiger partial charge in [0.25, 0.3) is 5.78 Å². The molecule has 4 nitrogen and oxygen atoms in total. The smallest absolute Gasteiger partial charge is 0.219 e. The highest BCUT2D eigenvalue weighted by Crippen LogP contribution is 2.27. The van der Waals surface area contributed by atoms with E-state index in [-0.39, 0.29) is 0 Å². The van der Waals surface area contributed by atoms with Crippen LogP contribution in [0.5, 0.6) is 0 Å². The molecule has 3 aromatic rings. The predicted molar refractivity (Wildman–Crippen MR) is 70.4 cm³/mol. The van der Waals surface area contributed by atoms with Crippen LogP contribution in [0.25, 0.3) is 16.9 Å². The average molecular weight is 238 g/mol. The Morgan fingerprint density at radius 3 is 2.44 bits per heavy atom. The van der Waals surface area contributed by atoms with Gasteiger partial charge in [-0.15, -0.1) is 0 Å². The molecule has 4 heteroatoms. The normalized spacial score (nSPS) is 11.1. The van der Waals surface area contributed by atoms with E-state index in [0.29, 0.717) is 5.78 Å². The Bertz CT molecular complexity index is 704. The van der Waals surface area contributed by atoms with Gasteiger partial charge in [-0.25, -0.2) is 9.50 Å². The van der Waals surface area contributed by atoms with Gasteiger partial charge in [-0.1, -0.05) is 17.7 Å². The van der Waals surface area contributed by atoms with Crippen molar-refractivity contribution in [2.75, 3.05) is 0 Å². The highest BCUT2D eigenvalue weighted by molar-refractivity contribution is 5.70. The molecule has 18 heavy (non-hydrogen) atoms. The fraction of sp³-hybridized carbons (Fsp3) is 0.214. The first kappa shape index (κ1) is 10.9. The highest BCUT2D eigenvalue weighted by Gasteiger charge is 2.08. The molecule has 0 radical (unpaired) electrons. The SMILES string of the molecule is Cc1cc(C)c(-c2cnc3ncnn3c2)c(C)c1. The van der Waals surface area contributed by atoms with Crippen molar-refractivity contribution in [3.8, 4) is 11.1 Å². The maximum atomic E-state index is 4.31. The summed E-state index contributed by atoms with van der Waals surface area (Å²) >= 11 is 0. The van der Waals surface area contributed by atoms with Gasteiger partial charge in [-0.05, 0) is 37.5 Å². The number of benzene rings is 1. The van der Waals surface area contributed by atoms with Crippen LogP contribution in [0.1, 0.15) is 16.7 Å². The van der Waals surface area contributed by atoms with E-state index < -0.39 is 0 Å². The van der Waals surface area contributed by atoms with Crippen molar-refractivity contribution in [3.63, 3.8) is 0 Å². The lowest BCUT2D eigenvalue weighted by Crippen LogP contribution is -1.95. The van der Waals surface area contributed by atoms with Gasteiger partial charge in [-0.2, -0.15) is 10.1 Å². The molecule has 2 aromatic heterocycles. The van der Waals surface area contributed by atoms with Crippen molar-refractivity contribution in [2.45, 2.75) is 20.8 Å². The Balaban J connectivity index is 2.25. The summed E-state index contributed by atoms with van der Waals surface area (Å²) in [7, 11) is 0. The Morgan fingerprint density at radius 1 is 1.00 bits per heavy atom. The number of hydrogen-bond acceptors (Lipinski definition) is 3. The van der Waals surface area contributed by atoms with Gasteiger partial charge >= 0.3 is 0 Å².